The van der Waals surface area contributed by atoms with E-state index in [1.807, 2.05) is 0 Å². The van der Waals surface area contributed by atoms with Crippen LogP contribution >= 0.6 is 15.9 Å². The molecule has 2 aromatic carbocycles. The third-order valence-corrected chi connectivity index (χ3v) is 6.94. The third-order valence-electron chi connectivity index (χ3n) is 6.44. The van der Waals surface area contributed by atoms with Gasteiger partial charge in [0.2, 0.25) is 5.91 Å². The molecule has 2 aliphatic rings. The first-order chi connectivity index (χ1) is 14.2. The van der Waals surface area contributed by atoms with Gasteiger partial charge in [0.15, 0.2) is 0 Å². The summed E-state index contributed by atoms with van der Waals surface area (Å²) in [6.45, 7) is 4.78. The van der Waals surface area contributed by atoms with E-state index in [9.17, 15) is 4.79 Å². The van der Waals surface area contributed by atoms with Gasteiger partial charge >= 0.3 is 0 Å². The van der Waals surface area contributed by atoms with Crippen molar-refractivity contribution in [2.75, 3.05) is 26.2 Å². The van der Waals surface area contributed by atoms with E-state index in [4.69, 9.17) is 0 Å². The Morgan fingerprint density at radius 3 is 2.45 bits per heavy atom. The van der Waals surface area contributed by atoms with Crippen molar-refractivity contribution in [3.63, 3.8) is 0 Å². The SMILES string of the molecule is O=C([C@H]1CCCN(Cc2cccc(Br)c2)C1)N1CCC(Cc2ccccc2)CC1. The van der Waals surface area contributed by atoms with Crippen molar-refractivity contribution in [2.24, 2.45) is 11.8 Å². The lowest BCUT2D eigenvalue weighted by atomic mass is 9.89. The Morgan fingerprint density at radius 2 is 1.69 bits per heavy atom. The molecule has 0 saturated carbocycles. The highest BCUT2D eigenvalue weighted by Gasteiger charge is 2.31. The van der Waals surface area contributed by atoms with Crippen LogP contribution in [0.1, 0.15) is 36.8 Å². The summed E-state index contributed by atoms with van der Waals surface area (Å²) in [6, 6.07) is 19.3. The van der Waals surface area contributed by atoms with E-state index < -0.39 is 0 Å². The number of likely N-dealkylation sites (tertiary alicyclic amines) is 2. The number of carbonyl (C=O) groups is 1. The molecule has 0 N–H and O–H groups in total. The maximum Gasteiger partial charge on any atom is 0.226 e. The molecule has 29 heavy (non-hydrogen) atoms. The van der Waals surface area contributed by atoms with Crippen LogP contribution in [0.3, 0.4) is 0 Å². The third kappa shape index (κ3) is 5.70. The van der Waals surface area contributed by atoms with E-state index in [0.717, 1.165) is 69.3 Å². The normalized spacial score (nSPS) is 21.3. The van der Waals surface area contributed by atoms with Crippen molar-refractivity contribution in [1.82, 2.24) is 9.80 Å². The summed E-state index contributed by atoms with van der Waals surface area (Å²) in [5.41, 5.74) is 2.74. The van der Waals surface area contributed by atoms with Crippen LogP contribution in [0.15, 0.2) is 59.1 Å². The summed E-state index contributed by atoms with van der Waals surface area (Å²) in [7, 11) is 0. The zero-order chi connectivity index (χ0) is 20.1. The lowest BCUT2D eigenvalue weighted by Crippen LogP contribution is -2.47. The Kier molecular flexibility index (Phi) is 7.04. The lowest BCUT2D eigenvalue weighted by Gasteiger charge is -2.38. The monoisotopic (exact) mass is 454 g/mol. The summed E-state index contributed by atoms with van der Waals surface area (Å²) >= 11 is 3.56. The smallest absolute Gasteiger partial charge is 0.226 e. The number of amides is 1. The summed E-state index contributed by atoms with van der Waals surface area (Å²) in [4.78, 5) is 17.8. The highest BCUT2D eigenvalue weighted by atomic mass is 79.9. The topological polar surface area (TPSA) is 23.6 Å². The van der Waals surface area contributed by atoms with Crippen molar-refractivity contribution in [1.29, 1.82) is 0 Å². The number of benzene rings is 2. The summed E-state index contributed by atoms with van der Waals surface area (Å²) in [6.07, 6.45) is 5.57. The van der Waals surface area contributed by atoms with Gasteiger partial charge in [0, 0.05) is 30.7 Å². The number of rotatable bonds is 5. The Hall–Kier alpha value is -1.65. The number of hydrogen-bond donors (Lipinski definition) is 0. The Balaban J connectivity index is 1.27. The summed E-state index contributed by atoms with van der Waals surface area (Å²) < 4.78 is 1.12. The van der Waals surface area contributed by atoms with E-state index in [1.165, 1.54) is 11.1 Å². The van der Waals surface area contributed by atoms with Crippen molar-refractivity contribution in [3.8, 4) is 0 Å². The van der Waals surface area contributed by atoms with E-state index in [0.29, 0.717) is 11.8 Å². The first-order valence-corrected chi connectivity index (χ1v) is 11.8. The van der Waals surface area contributed by atoms with Crippen LogP contribution in [0, 0.1) is 11.8 Å². The number of halogens is 1. The zero-order valence-electron chi connectivity index (χ0n) is 17.1. The Labute approximate surface area is 183 Å². The minimum atomic E-state index is 0.168. The quantitative estimate of drug-likeness (QED) is 0.623. The average molecular weight is 455 g/mol. The van der Waals surface area contributed by atoms with Gasteiger partial charge in [0.1, 0.15) is 0 Å². The molecule has 154 valence electrons. The van der Waals surface area contributed by atoms with Gasteiger partial charge in [-0.1, -0.05) is 58.4 Å². The molecule has 0 aromatic heterocycles. The van der Waals surface area contributed by atoms with Crippen molar-refractivity contribution < 1.29 is 4.79 Å². The van der Waals surface area contributed by atoms with Crippen LogP contribution in [0.25, 0.3) is 0 Å². The van der Waals surface area contributed by atoms with Gasteiger partial charge in [-0.15, -0.1) is 0 Å². The molecule has 2 aliphatic heterocycles. The van der Waals surface area contributed by atoms with Crippen LogP contribution in [0.2, 0.25) is 0 Å². The van der Waals surface area contributed by atoms with Gasteiger partial charge in [-0.05, 0) is 67.8 Å². The molecule has 1 atom stereocenters. The molecular formula is C25H31BrN2O. The lowest BCUT2D eigenvalue weighted by molar-refractivity contribution is -0.138. The fraction of sp³-hybridized carbons (Fsp3) is 0.480. The number of piperidine rings is 2. The van der Waals surface area contributed by atoms with Crippen molar-refractivity contribution in [2.45, 2.75) is 38.6 Å². The largest absolute Gasteiger partial charge is 0.342 e. The van der Waals surface area contributed by atoms with E-state index in [-0.39, 0.29) is 5.92 Å². The molecular weight excluding hydrogens is 424 g/mol. The van der Waals surface area contributed by atoms with E-state index >= 15 is 0 Å². The fourth-order valence-corrected chi connectivity index (χ4v) is 5.30. The van der Waals surface area contributed by atoms with E-state index in [2.05, 4.69) is 80.3 Å². The van der Waals surface area contributed by atoms with Gasteiger partial charge in [-0.25, -0.2) is 0 Å². The second kappa shape index (κ2) is 9.90. The van der Waals surface area contributed by atoms with E-state index in [1.54, 1.807) is 0 Å². The summed E-state index contributed by atoms with van der Waals surface area (Å²) in [5.74, 6) is 1.27. The molecule has 3 nitrogen and oxygen atoms in total. The molecule has 2 fully saturated rings. The van der Waals surface area contributed by atoms with Gasteiger partial charge in [0.25, 0.3) is 0 Å². The molecule has 2 heterocycles. The van der Waals surface area contributed by atoms with Gasteiger partial charge in [-0.3, -0.25) is 9.69 Å². The second-order valence-corrected chi connectivity index (χ2v) is 9.58. The Bertz CT molecular complexity index is 801. The Morgan fingerprint density at radius 1 is 0.931 bits per heavy atom. The van der Waals surface area contributed by atoms with Gasteiger partial charge < -0.3 is 4.90 Å². The molecule has 0 spiro atoms. The first-order valence-electron chi connectivity index (χ1n) is 11.0. The van der Waals surface area contributed by atoms with Crippen LogP contribution in [-0.2, 0) is 17.8 Å². The average Bonchev–Trinajstić information content (AvgIpc) is 2.75. The predicted molar refractivity (Wildman–Crippen MR) is 122 cm³/mol. The van der Waals surface area contributed by atoms with Crippen LogP contribution in [0.4, 0.5) is 0 Å². The highest BCUT2D eigenvalue weighted by Crippen LogP contribution is 2.26. The molecule has 2 aromatic rings. The van der Waals surface area contributed by atoms with Crippen LogP contribution in [-0.4, -0.2) is 41.9 Å². The molecule has 0 bridgehead atoms. The minimum Gasteiger partial charge on any atom is -0.342 e. The minimum absolute atomic E-state index is 0.168. The second-order valence-electron chi connectivity index (χ2n) is 8.66. The molecule has 2 saturated heterocycles. The maximum absolute atomic E-state index is 13.2. The summed E-state index contributed by atoms with van der Waals surface area (Å²) in [5, 5.41) is 0. The standard InChI is InChI=1S/C25H31BrN2O/c26-24-10-4-8-22(17-24)18-27-13-5-9-23(19-27)25(29)28-14-11-21(12-15-28)16-20-6-2-1-3-7-20/h1-4,6-8,10,17,21,23H,5,9,11-16,18-19H2/t23-/m0/s1. The molecule has 4 heteroatoms. The van der Waals surface area contributed by atoms with Crippen LogP contribution in [0.5, 0.6) is 0 Å². The molecule has 0 radical (unpaired) electrons. The number of nitrogens with zero attached hydrogens (tertiary/aromatic N) is 2. The van der Waals surface area contributed by atoms with Crippen LogP contribution < -0.4 is 0 Å². The molecule has 4 rings (SSSR count). The highest BCUT2D eigenvalue weighted by molar-refractivity contribution is 9.10. The maximum atomic E-state index is 13.2. The zero-order valence-corrected chi connectivity index (χ0v) is 18.7. The predicted octanol–water partition coefficient (Wildman–Crippen LogP) is 5.14. The van der Waals surface area contributed by atoms with Gasteiger partial charge in [0.05, 0.1) is 5.92 Å². The van der Waals surface area contributed by atoms with Gasteiger partial charge in [-0.2, -0.15) is 0 Å². The molecule has 1 amide bonds. The van der Waals surface area contributed by atoms with Crippen molar-refractivity contribution >= 4 is 21.8 Å². The number of carbonyl (C=O) groups excluding carboxylic acids is 1. The molecule has 0 unspecified atom stereocenters. The molecule has 0 aliphatic carbocycles. The fourth-order valence-electron chi connectivity index (χ4n) is 4.86. The van der Waals surface area contributed by atoms with Crippen molar-refractivity contribution in [3.05, 3.63) is 70.2 Å². The first kappa shape index (κ1) is 20.6. The number of hydrogen-bond acceptors (Lipinski definition) is 2.